The summed E-state index contributed by atoms with van der Waals surface area (Å²) in [6.45, 7) is 0. The first-order valence-electron chi connectivity index (χ1n) is 8.48. The molecule has 0 aliphatic carbocycles. The van der Waals surface area contributed by atoms with Crippen molar-refractivity contribution in [1.29, 1.82) is 0 Å². The van der Waals surface area contributed by atoms with Crippen molar-refractivity contribution in [3.8, 4) is 0 Å². The van der Waals surface area contributed by atoms with Crippen molar-refractivity contribution in [3.05, 3.63) is 107 Å². The van der Waals surface area contributed by atoms with Gasteiger partial charge in [0.15, 0.2) is 0 Å². The number of aliphatic hydroxyl groups is 1. The van der Waals surface area contributed by atoms with Crippen LogP contribution in [0.3, 0.4) is 0 Å². The van der Waals surface area contributed by atoms with Gasteiger partial charge >= 0.3 is 0 Å². The van der Waals surface area contributed by atoms with Crippen molar-refractivity contribution in [2.75, 3.05) is 0 Å². The lowest BCUT2D eigenvalue weighted by atomic mass is 9.83. The lowest BCUT2D eigenvalue weighted by molar-refractivity contribution is 0.0789. The molecule has 0 spiro atoms. The van der Waals surface area contributed by atoms with Crippen molar-refractivity contribution in [2.24, 2.45) is 0 Å². The van der Waals surface area contributed by atoms with Gasteiger partial charge in [-0.1, -0.05) is 85.0 Å². The van der Waals surface area contributed by atoms with Crippen LogP contribution in [0.15, 0.2) is 84.9 Å². The number of H-pyrrole nitrogens is 1. The maximum Gasteiger partial charge on any atom is 0.137 e. The van der Waals surface area contributed by atoms with E-state index in [1.54, 1.807) is 0 Å². The Kier molecular flexibility index (Phi) is 4.37. The zero-order chi connectivity index (χ0) is 18.0. The number of aromatic amines is 1. The van der Waals surface area contributed by atoms with Gasteiger partial charge in [0.2, 0.25) is 0 Å². The van der Waals surface area contributed by atoms with E-state index in [0.29, 0.717) is 16.9 Å². The van der Waals surface area contributed by atoms with E-state index >= 15 is 0 Å². The van der Waals surface area contributed by atoms with E-state index in [-0.39, 0.29) is 0 Å². The summed E-state index contributed by atoms with van der Waals surface area (Å²) in [5, 5.41) is 12.6. The molecule has 0 saturated carbocycles. The number of nitrogens with zero attached hydrogens (tertiary/aromatic N) is 1. The molecule has 0 saturated heterocycles. The third-order valence-electron chi connectivity index (χ3n) is 4.60. The largest absolute Gasteiger partial charge is 0.380 e. The first-order chi connectivity index (χ1) is 12.7. The summed E-state index contributed by atoms with van der Waals surface area (Å²) in [5.41, 5.74) is 1.36. The molecule has 3 nitrogen and oxygen atoms in total. The second-order valence-electron chi connectivity index (χ2n) is 6.30. The molecule has 128 valence electrons. The average Bonchev–Trinajstić information content (AvgIpc) is 2.69. The third-order valence-corrected chi connectivity index (χ3v) is 4.91. The Hall–Kier alpha value is -2.82. The van der Waals surface area contributed by atoms with Crippen molar-refractivity contribution in [2.45, 2.75) is 12.0 Å². The van der Waals surface area contributed by atoms with Gasteiger partial charge < -0.3 is 10.1 Å². The van der Waals surface area contributed by atoms with Gasteiger partial charge in [-0.2, -0.15) is 0 Å². The van der Waals surface area contributed by atoms with Crippen LogP contribution in [0.4, 0.5) is 0 Å². The highest BCUT2D eigenvalue weighted by Gasteiger charge is 2.32. The molecule has 0 atom stereocenters. The Balaban J connectivity index is 1.85. The molecule has 4 heteroatoms. The van der Waals surface area contributed by atoms with Gasteiger partial charge in [-0.15, -0.1) is 0 Å². The average molecular weight is 358 g/mol. The Labute approximate surface area is 157 Å². The molecule has 0 amide bonds. The van der Waals surface area contributed by atoms with Crippen molar-refractivity contribution < 1.29 is 5.11 Å². The predicted molar refractivity (Wildman–Crippen MR) is 107 cm³/mol. The van der Waals surface area contributed by atoms with Gasteiger partial charge in [0, 0.05) is 17.3 Å². The normalized spacial score (nSPS) is 11.6. The molecule has 0 radical (unpaired) electrons. The molecule has 0 aliphatic rings. The summed E-state index contributed by atoms with van der Waals surface area (Å²) in [5.74, 6) is 0.656. The maximum atomic E-state index is 11.7. The predicted octanol–water partition coefficient (Wildman–Crippen LogP) is 4.77. The minimum atomic E-state index is -1.20. The van der Waals surface area contributed by atoms with Crippen LogP contribution in [0.25, 0.3) is 10.9 Å². The second kappa shape index (κ2) is 6.83. The summed E-state index contributed by atoms with van der Waals surface area (Å²) >= 11 is 5.45. The van der Waals surface area contributed by atoms with Crippen LogP contribution in [0, 0.1) is 4.64 Å². The summed E-state index contributed by atoms with van der Waals surface area (Å²) in [4.78, 5) is 7.86. The van der Waals surface area contributed by atoms with Gasteiger partial charge in [-0.3, -0.25) is 0 Å². The van der Waals surface area contributed by atoms with Crippen LogP contribution in [-0.4, -0.2) is 15.1 Å². The van der Waals surface area contributed by atoms with E-state index in [2.05, 4.69) is 9.97 Å². The Morgan fingerprint density at radius 1 is 0.808 bits per heavy atom. The molecule has 0 aliphatic heterocycles. The number of fused-ring (bicyclic) bond motifs is 1. The lowest BCUT2D eigenvalue weighted by Gasteiger charge is -2.29. The quantitative estimate of drug-likeness (QED) is 0.517. The van der Waals surface area contributed by atoms with Gasteiger partial charge in [-0.25, -0.2) is 4.98 Å². The summed E-state index contributed by atoms with van der Waals surface area (Å²) in [7, 11) is 0. The number of aromatic nitrogens is 2. The Bertz CT molecular complexity index is 1050. The number of hydrogen-bond donors (Lipinski definition) is 2. The summed E-state index contributed by atoms with van der Waals surface area (Å²) in [6.07, 6.45) is 0.301. The first-order valence-corrected chi connectivity index (χ1v) is 8.89. The van der Waals surface area contributed by atoms with Gasteiger partial charge in [0.1, 0.15) is 16.1 Å². The maximum absolute atomic E-state index is 11.7. The summed E-state index contributed by atoms with van der Waals surface area (Å²) in [6, 6.07) is 27.2. The van der Waals surface area contributed by atoms with Crippen LogP contribution < -0.4 is 0 Å². The van der Waals surface area contributed by atoms with Gasteiger partial charge in [-0.05, 0) is 23.3 Å². The van der Waals surface area contributed by atoms with Gasteiger partial charge in [0.25, 0.3) is 0 Å². The minimum Gasteiger partial charge on any atom is -0.380 e. The molecular weight excluding hydrogens is 340 g/mol. The SMILES string of the molecule is OC(Cc1nc(=S)c2ccccc2[nH]1)(c1ccccc1)c1ccccc1. The van der Waals surface area contributed by atoms with Crippen LogP contribution in [0.1, 0.15) is 17.0 Å². The molecule has 4 rings (SSSR count). The number of rotatable bonds is 4. The van der Waals surface area contributed by atoms with E-state index in [4.69, 9.17) is 12.2 Å². The van der Waals surface area contributed by atoms with Crippen LogP contribution in [0.2, 0.25) is 0 Å². The zero-order valence-corrected chi connectivity index (χ0v) is 14.9. The Morgan fingerprint density at radius 3 is 1.96 bits per heavy atom. The van der Waals surface area contributed by atoms with Crippen molar-refractivity contribution in [1.82, 2.24) is 9.97 Å². The van der Waals surface area contributed by atoms with E-state index in [0.717, 1.165) is 22.0 Å². The van der Waals surface area contributed by atoms with E-state index in [1.165, 1.54) is 0 Å². The molecule has 2 N–H and O–H groups in total. The monoisotopic (exact) mass is 358 g/mol. The fourth-order valence-electron chi connectivity index (χ4n) is 3.27. The smallest absolute Gasteiger partial charge is 0.137 e. The van der Waals surface area contributed by atoms with Crippen LogP contribution in [-0.2, 0) is 12.0 Å². The molecular formula is C22H18N2OS. The van der Waals surface area contributed by atoms with E-state index in [9.17, 15) is 5.11 Å². The summed E-state index contributed by atoms with van der Waals surface area (Å²) < 4.78 is 0.540. The second-order valence-corrected chi connectivity index (χ2v) is 6.69. The molecule has 1 aromatic heterocycles. The standard InChI is InChI=1S/C22H18N2OS/c25-22(16-9-3-1-4-10-16,17-11-5-2-6-12-17)15-20-23-19-14-8-7-13-18(19)21(26)24-20/h1-14,25H,15H2,(H,23,24,26). The number of hydrogen-bond acceptors (Lipinski definition) is 3. The van der Waals surface area contributed by atoms with Crippen molar-refractivity contribution >= 4 is 23.1 Å². The molecule has 1 heterocycles. The fourth-order valence-corrected chi connectivity index (χ4v) is 3.56. The van der Waals surface area contributed by atoms with E-state index in [1.807, 2.05) is 84.9 Å². The number of benzene rings is 3. The topological polar surface area (TPSA) is 48.9 Å². The van der Waals surface area contributed by atoms with Gasteiger partial charge in [0.05, 0.1) is 0 Å². The zero-order valence-electron chi connectivity index (χ0n) is 14.1. The highest BCUT2D eigenvalue weighted by molar-refractivity contribution is 7.71. The lowest BCUT2D eigenvalue weighted by Crippen LogP contribution is -2.31. The Morgan fingerprint density at radius 2 is 1.35 bits per heavy atom. The number of para-hydroxylation sites is 1. The molecule has 0 fully saturated rings. The first kappa shape index (κ1) is 16.6. The minimum absolute atomic E-state index is 0.301. The highest BCUT2D eigenvalue weighted by Crippen LogP contribution is 2.32. The molecule has 26 heavy (non-hydrogen) atoms. The van der Waals surface area contributed by atoms with E-state index < -0.39 is 5.60 Å². The fraction of sp³-hybridized carbons (Fsp3) is 0.0909. The molecule has 4 aromatic rings. The van der Waals surface area contributed by atoms with Crippen LogP contribution in [0.5, 0.6) is 0 Å². The highest BCUT2D eigenvalue weighted by atomic mass is 32.1. The molecule has 3 aromatic carbocycles. The van der Waals surface area contributed by atoms with Crippen molar-refractivity contribution in [3.63, 3.8) is 0 Å². The molecule has 0 unspecified atom stereocenters. The number of nitrogens with one attached hydrogen (secondary N) is 1. The molecule has 0 bridgehead atoms. The third kappa shape index (κ3) is 3.05. The van der Waals surface area contributed by atoms with Crippen LogP contribution >= 0.6 is 12.2 Å².